The summed E-state index contributed by atoms with van der Waals surface area (Å²) in [6, 6.07) is 0.627. The van der Waals surface area contributed by atoms with Crippen LogP contribution >= 0.6 is 0 Å². The Morgan fingerprint density at radius 1 is 1.39 bits per heavy atom. The minimum absolute atomic E-state index is 0.294. The molecule has 4 nitrogen and oxygen atoms in total. The molecular weight excluding hydrogens is 226 g/mol. The van der Waals surface area contributed by atoms with E-state index in [9.17, 15) is 4.79 Å². The number of nitrogens with two attached hydrogens (primary N) is 1. The molecule has 0 aliphatic carbocycles. The molecule has 106 valence electrons. The van der Waals surface area contributed by atoms with Crippen LogP contribution in [0.5, 0.6) is 0 Å². The topological polar surface area (TPSA) is 49.6 Å². The van der Waals surface area contributed by atoms with Crippen LogP contribution in [0.1, 0.15) is 40.0 Å². The smallest absolute Gasteiger partial charge is 0.222 e. The lowest BCUT2D eigenvalue weighted by Gasteiger charge is -2.22. The molecule has 0 spiro atoms. The van der Waals surface area contributed by atoms with Crippen molar-refractivity contribution in [3.63, 3.8) is 0 Å². The third-order valence-electron chi connectivity index (χ3n) is 4.08. The van der Waals surface area contributed by atoms with E-state index in [0.29, 0.717) is 24.3 Å². The van der Waals surface area contributed by atoms with E-state index >= 15 is 0 Å². The molecule has 0 aromatic rings. The minimum atomic E-state index is 0.294. The molecule has 2 atom stereocenters. The lowest BCUT2D eigenvalue weighted by atomic mass is 10.1. The minimum Gasteiger partial charge on any atom is -0.343 e. The molecule has 4 heteroatoms. The van der Waals surface area contributed by atoms with Crippen molar-refractivity contribution in [2.75, 3.05) is 32.7 Å². The lowest BCUT2D eigenvalue weighted by molar-refractivity contribution is -0.131. The van der Waals surface area contributed by atoms with Gasteiger partial charge < -0.3 is 15.5 Å². The molecule has 0 aromatic carbocycles. The highest BCUT2D eigenvalue weighted by atomic mass is 16.2. The van der Waals surface area contributed by atoms with Gasteiger partial charge in [-0.25, -0.2) is 0 Å². The van der Waals surface area contributed by atoms with Crippen molar-refractivity contribution in [2.24, 2.45) is 11.7 Å². The predicted molar refractivity (Wildman–Crippen MR) is 75.4 cm³/mol. The fraction of sp³-hybridized carbons (Fsp3) is 0.929. The Balaban J connectivity index is 2.23. The van der Waals surface area contributed by atoms with Crippen LogP contribution in [0.15, 0.2) is 0 Å². The quantitative estimate of drug-likeness (QED) is 0.746. The number of hydrogen-bond acceptors (Lipinski definition) is 3. The zero-order valence-corrected chi connectivity index (χ0v) is 12.2. The molecule has 1 fully saturated rings. The van der Waals surface area contributed by atoms with Crippen molar-refractivity contribution in [1.82, 2.24) is 9.80 Å². The summed E-state index contributed by atoms with van der Waals surface area (Å²) < 4.78 is 0. The van der Waals surface area contributed by atoms with Gasteiger partial charge in [-0.2, -0.15) is 0 Å². The van der Waals surface area contributed by atoms with Crippen LogP contribution in [0.25, 0.3) is 0 Å². The van der Waals surface area contributed by atoms with Gasteiger partial charge in [0.15, 0.2) is 0 Å². The second-order valence-corrected chi connectivity index (χ2v) is 5.35. The number of hydrogen-bond donors (Lipinski definition) is 1. The van der Waals surface area contributed by atoms with Gasteiger partial charge in [0.05, 0.1) is 0 Å². The zero-order valence-electron chi connectivity index (χ0n) is 12.2. The molecule has 2 unspecified atom stereocenters. The number of amides is 1. The van der Waals surface area contributed by atoms with Crippen LogP contribution in [0.3, 0.4) is 0 Å². The molecule has 1 saturated heterocycles. The summed E-state index contributed by atoms with van der Waals surface area (Å²) in [5.74, 6) is 0.945. The number of carbonyl (C=O) groups excluding carboxylic acids is 1. The van der Waals surface area contributed by atoms with Crippen LogP contribution in [-0.4, -0.2) is 54.5 Å². The molecule has 0 radical (unpaired) electrons. The van der Waals surface area contributed by atoms with Gasteiger partial charge in [0.1, 0.15) is 0 Å². The van der Waals surface area contributed by atoms with Gasteiger partial charge in [0, 0.05) is 32.1 Å². The Morgan fingerprint density at radius 2 is 2.06 bits per heavy atom. The molecule has 0 saturated carbocycles. The average molecular weight is 255 g/mol. The molecule has 0 aromatic heterocycles. The highest BCUT2D eigenvalue weighted by Gasteiger charge is 2.27. The summed E-state index contributed by atoms with van der Waals surface area (Å²) >= 11 is 0. The van der Waals surface area contributed by atoms with Gasteiger partial charge in [0.2, 0.25) is 5.91 Å². The third-order valence-corrected chi connectivity index (χ3v) is 4.08. The molecular formula is C14H29N3O. The summed E-state index contributed by atoms with van der Waals surface area (Å²) in [5, 5.41) is 0. The van der Waals surface area contributed by atoms with Crippen molar-refractivity contribution < 1.29 is 4.79 Å². The largest absolute Gasteiger partial charge is 0.343 e. The van der Waals surface area contributed by atoms with E-state index in [-0.39, 0.29) is 0 Å². The van der Waals surface area contributed by atoms with Crippen molar-refractivity contribution >= 4 is 5.91 Å². The van der Waals surface area contributed by atoms with Crippen LogP contribution in [0.2, 0.25) is 0 Å². The fourth-order valence-corrected chi connectivity index (χ4v) is 2.87. The molecule has 18 heavy (non-hydrogen) atoms. The Labute approximate surface area is 111 Å². The summed E-state index contributed by atoms with van der Waals surface area (Å²) in [6.45, 7) is 10.9. The summed E-state index contributed by atoms with van der Waals surface area (Å²) in [5.41, 5.74) is 5.72. The van der Waals surface area contributed by atoms with E-state index in [1.165, 1.54) is 6.42 Å². The Kier molecular flexibility index (Phi) is 6.65. The maximum atomic E-state index is 11.9. The summed E-state index contributed by atoms with van der Waals surface area (Å²) in [7, 11) is 0. The van der Waals surface area contributed by atoms with E-state index in [1.807, 2.05) is 18.7 Å². The van der Waals surface area contributed by atoms with Crippen molar-refractivity contribution in [2.45, 2.75) is 46.1 Å². The third kappa shape index (κ3) is 4.25. The van der Waals surface area contributed by atoms with E-state index in [0.717, 1.165) is 39.1 Å². The second kappa shape index (κ2) is 7.74. The van der Waals surface area contributed by atoms with E-state index in [1.54, 1.807) is 0 Å². The number of nitrogens with zero attached hydrogens (tertiary/aromatic N) is 2. The standard InChI is InChI=1S/C14H29N3O/c1-4-16(5-2)14(18)7-6-8-17-11-13(10-15)9-12(17)3/h12-13H,4-11,15H2,1-3H3. The van der Waals surface area contributed by atoms with Gasteiger partial charge in [-0.05, 0) is 52.6 Å². The van der Waals surface area contributed by atoms with Crippen LogP contribution in [0.4, 0.5) is 0 Å². The van der Waals surface area contributed by atoms with Crippen LogP contribution in [0, 0.1) is 5.92 Å². The first kappa shape index (κ1) is 15.4. The average Bonchev–Trinajstić information content (AvgIpc) is 2.72. The first-order valence-electron chi connectivity index (χ1n) is 7.34. The normalized spacial score (nSPS) is 24.4. The first-order chi connectivity index (χ1) is 8.62. The Morgan fingerprint density at radius 3 is 2.56 bits per heavy atom. The van der Waals surface area contributed by atoms with Gasteiger partial charge >= 0.3 is 0 Å². The Bertz CT molecular complexity index is 253. The van der Waals surface area contributed by atoms with Gasteiger partial charge in [-0.15, -0.1) is 0 Å². The maximum absolute atomic E-state index is 11.9. The monoisotopic (exact) mass is 255 g/mol. The SMILES string of the molecule is CCN(CC)C(=O)CCCN1CC(CN)CC1C. The zero-order chi connectivity index (χ0) is 13.5. The predicted octanol–water partition coefficient (Wildman–Crippen LogP) is 1.30. The molecule has 1 amide bonds. The highest BCUT2D eigenvalue weighted by molar-refractivity contribution is 5.76. The second-order valence-electron chi connectivity index (χ2n) is 5.35. The van der Waals surface area contributed by atoms with Crippen molar-refractivity contribution in [3.05, 3.63) is 0 Å². The number of rotatable bonds is 7. The van der Waals surface area contributed by atoms with Crippen LogP contribution < -0.4 is 5.73 Å². The molecule has 1 aliphatic heterocycles. The number of likely N-dealkylation sites (tertiary alicyclic amines) is 1. The molecule has 2 N–H and O–H groups in total. The maximum Gasteiger partial charge on any atom is 0.222 e. The molecule has 1 aliphatic rings. The summed E-state index contributed by atoms with van der Waals surface area (Å²) in [6.07, 6.45) is 2.86. The van der Waals surface area contributed by atoms with Crippen molar-refractivity contribution in [1.29, 1.82) is 0 Å². The van der Waals surface area contributed by atoms with Crippen LogP contribution in [-0.2, 0) is 4.79 Å². The molecule has 0 bridgehead atoms. The van der Waals surface area contributed by atoms with Crippen molar-refractivity contribution in [3.8, 4) is 0 Å². The van der Waals surface area contributed by atoms with Gasteiger partial charge in [-0.3, -0.25) is 4.79 Å². The fourth-order valence-electron chi connectivity index (χ4n) is 2.87. The van der Waals surface area contributed by atoms with Gasteiger partial charge in [0.25, 0.3) is 0 Å². The first-order valence-corrected chi connectivity index (χ1v) is 7.34. The van der Waals surface area contributed by atoms with E-state index in [4.69, 9.17) is 5.73 Å². The lowest BCUT2D eigenvalue weighted by Crippen LogP contribution is -2.32. The van der Waals surface area contributed by atoms with Gasteiger partial charge in [-0.1, -0.05) is 0 Å². The number of carbonyl (C=O) groups is 1. The molecule has 1 heterocycles. The van der Waals surface area contributed by atoms with E-state index < -0.39 is 0 Å². The highest BCUT2D eigenvalue weighted by Crippen LogP contribution is 2.22. The summed E-state index contributed by atoms with van der Waals surface area (Å²) in [4.78, 5) is 16.3. The van der Waals surface area contributed by atoms with E-state index in [2.05, 4.69) is 11.8 Å². The Hall–Kier alpha value is -0.610. The molecule has 1 rings (SSSR count).